The van der Waals surface area contributed by atoms with E-state index in [1.54, 1.807) is 18.3 Å². The molecule has 0 aromatic carbocycles. The molecule has 1 aromatic heterocycles. The quantitative estimate of drug-likeness (QED) is 0.845. The Morgan fingerprint density at radius 1 is 1.62 bits per heavy atom. The van der Waals surface area contributed by atoms with Gasteiger partial charge >= 0.3 is 0 Å². The molecule has 0 aliphatic carbocycles. The Morgan fingerprint density at radius 2 is 2.38 bits per heavy atom. The number of aromatic nitrogens is 1. The molecular weight excluding hydrogens is 268 g/mol. The van der Waals surface area contributed by atoms with Gasteiger partial charge in [-0.15, -0.1) is 0 Å². The Bertz CT molecular complexity index is 355. The smallest absolute Gasteiger partial charge is 0.253 e. The van der Waals surface area contributed by atoms with E-state index < -0.39 is 0 Å². The monoisotopic (exact) mass is 284 g/mol. The molecule has 1 unspecified atom stereocenters. The van der Waals surface area contributed by atoms with Crippen LogP contribution in [0.1, 0.15) is 35.8 Å². The highest BCUT2D eigenvalue weighted by atomic mass is 79.9. The van der Waals surface area contributed by atoms with Crippen LogP contribution in [0.2, 0.25) is 0 Å². The van der Waals surface area contributed by atoms with Gasteiger partial charge in [0.2, 0.25) is 0 Å². The number of alkyl halides is 1. The molecule has 88 valence electrons. The summed E-state index contributed by atoms with van der Waals surface area (Å²) in [7, 11) is 0. The van der Waals surface area contributed by atoms with Crippen LogP contribution in [-0.2, 0) is 0 Å². The lowest BCUT2D eigenvalue weighted by atomic mass is 10.2. The zero-order valence-corrected chi connectivity index (χ0v) is 11.3. The summed E-state index contributed by atoms with van der Waals surface area (Å²) in [5, 5.41) is 2.90. The Kier molecular flexibility index (Phi) is 5.46. The van der Waals surface area contributed by atoms with Crippen LogP contribution >= 0.6 is 15.9 Å². The number of carbonyl (C=O) groups is 1. The van der Waals surface area contributed by atoms with E-state index in [0.717, 1.165) is 18.5 Å². The fraction of sp³-hybridized carbons (Fsp3) is 0.500. The van der Waals surface area contributed by atoms with Gasteiger partial charge in [0.25, 0.3) is 5.91 Å². The largest absolute Gasteiger partial charge is 0.351 e. The number of nitrogens with zero attached hydrogens (tertiary/aromatic N) is 1. The van der Waals surface area contributed by atoms with Gasteiger partial charge in [-0.25, -0.2) is 0 Å². The lowest BCUT2D eigenvalue weighted by molar-refractivity contribution is 0.0952. The van der Waals surface area contributed by atoms with Crippen LogP contribution in [0, 0.1) is 6.92 Å². The molecular formula is C12H17BrN2O. The van der Waals surface area contributed by atoms with Gasteiger partial charge in [-0.3, -0.25) is 9.78 Å². The highest BCUT2D eigenvalue weighted by Crippen LogP contribution is 2.07. The fourth-order valence-electron chi connectivity index (χ4n) is 1.44. The van der Waals surface area contributed by atoms with Crippen LogP contribution in [0.5, 0.6) is 0 Å². The molecule has 1 heterocycles. The minimum atomic E-state index is -0.0499. The SMILES string of the molecule is CCCC(Br)CNC(=O)c1cccnc1C. The van der Waals surface area contributed by atoms with E-state index in [2.05, 4.69) is 33.2 Å². The Labute approximate surface area is 105 Å². The van der Waals surface area contributed by atoms with Crippen LogP contribution < -0.4 is 5.32 Å². The van der Waals surface area contributed by atoms with Gasteiger partial charge in [0.05, 0.1) is 5.56 Å². The molecule has 1 aromatic rings. The molecule has 0 bridgehead atoms. The number of pyridine rings is 1. The first-order valence-corrected chi connectivity index (χ1v) is 6.40. The molecule has 1 atom stereocenters. The number of carbonyl (C=O) groups excluding carboxylic acids is 1. The van der Waals surface area contributed by atoms with Crippen molar-refractivity contribution in [3.63, 3.8) is 0 Å². The summed E-state index contributed by atoms with van der Waals surface area (Å²) in [6.07, 6.45) is 3.86. The summed E-state index contributed by atoms with van der Waals surface area (Å²) in [5.41, 5.74) is 1.42. The molecule has 0 spiro atoms. The molecule has 4 heteroatoms. The van der Waals surface area contributed by atoms with Crippen molar-refractivity contribution in [2.75, 3.05) is 6.54 Å². The zero-order chi connectivity index (χ0) is 12.0. The Hall–Kier alpha value is -0.900. The van der Waals surface area contributed by atoms with Gasteiger partial charge in [-0.2, -0.15) is 0 Å². The van der Waals surface area contributed by atoms with Crippen molar-refractivity contribution in [3.05, 3.63) is 29.6 Å². The first-order chi connectivity index (χ1) is 7.65. The summed E-state index contributed by atoms with van der Waals surface area (Å²) in [5.74, 6) is -0.0499. The summed E-state index contributed by atoms with van der Waals surface area (Å²) in [4.78, 5) is 16.2. The number of nitrogens with one attached hydrogen (secondary N) is 1. The van der Waals surface area contributed by atoms with E-state index in [0.29, 0.717) is 16.9 Å². The summed E-state index contributed by atoms with van der Waals surface area (Å²) < 4.78 is 0. The molecule has 1 amide bonds. The van der Waals surface area contributed by atoms with E-state index in [9.17, 15) is 4.79 Å². The molecule has 0 aliphatic rings. The highest BCUT2D eigenvalue weighted by Gasteiger charge is 2.10. The van der Waals surface area contributed by atoms with Gasteiger partial charge in [-0.1, -0.05) is 29.3 Å². The van der Waals surface area contributed by atoms with E-state index in [1.165, 1.54) is 0 Å². The van der Waals surface area contributed by atoms with E-state index in [4.69, 9.17) is 0 Å². The van der Waals surface area contributed by atoms with Crippen molar-refractivity contribution in [2.45, 2.75) is 31.5 Å². The topological polar surface area (TPSA) is 42.0 Å². The van der Waals surface area contributed by atoms with Gasteiger partial charge in [0.1, 0.15) is 0 Å². The van der Waals surface area contributed by atoms with E-state index in [1.807, 2.05) is 6.92 Å². The molecule has 0 aliphatic heterocycles. The molecule has 0 saturated carbocycles. The van der Waals surface area contributed by atoms with Gasteiger partial charge in [-0.05, 0) is 25.5 Å². The van der Waals surface area contributed by atoms with Crippen molar-refractivity contribution >= 4 is 21.8 Å². The number of rotatable bonds is 5. The average Bonchev–Trinajstić information content (AvgIpc) is 2.27. The number of aryl methyl sites for hydroxylation is 1. The molecule has 0 fully saturated rings. The number of hydrogen-bond donors (Lipinski definition) is 1. The zero-order valence-electron chi connectivity index (χ0n) is 9.66. The van der Waals surface area contributed by atoms with Crippen LogP contribution in [0.3, 0.4) is 0 Å². The normalized spacial score (nSPS) is 12.2. The maximum Gasteiger partial charge on any atom is 0.253 e. The third kappa shape index (κ3) is 3.93. The maximum absolute atomic E-state index is 11.8. The van der Waals surface area contributed by atoms with Crippen molar-refractivity contribution in [1.82, 2.24) is 10.3 Å². The second-order valence-corrected chi connectivity index (χ2v) is 5.03. The first kappa shape index (κ1) is 13.2. The molecule has 1 rings (SSSR count). The van der Waals surface area contributed by atoms with Crippen molar-refractivity contribution in [3.8, 4) is 0 Å². The minimum absolute atomic E-state index is 0.0499. The van der Waals surface area contributed by atoms with Crippen LogP contribution in [0.25, 0.3) is 0 Å². The Morgan fingerprint density at radius 3 is 3.00 bits per heavy atom. The number of amides is 1. The lowest BCUT2D eigenvalue weighted by Crippen LogP contribution is -2.30. The van der Waals surface area contributed by atoms with E-state index in [-0.39, 0.29) is 5.91 Å². The molecule has 1 N–H and O–H groups in total. The van der Waals surface area contributed by atoms with Crippen LogP contribution in [-0.4, -0.2) is 22.3 Å². The minimum Gasteiger partial charge on any atom is -0.351 e. The summed E-state index contributed by atoms with van der Waals surface area (Å²) in [6.45, 7) is 4.62. The number of hydrogen-bond acceptors (Lipinski definition) is 2. The standard InChI is InChI=1S/C12H17BrN2O/c1-3-5-10(13)8-15-12(16)11-6-4-7-14-9(11)2/h4,6-7,10H,3,5,8H2,1-2H3,(H,15,16). The predicted molar refractivity (Wildman–Crippen MR) is 68.9 cm³/mol. The van der Waals surface area contributed by atoms with Gasteiger partial charge < -0.3 is 5.32 Å². The first-order valence-electron chi connectivity index (χ1n) is 5.49. The van der Waals surface area contributed by atoms with E-state index >= 15 is 0 Å². The Balaban J connectivity index is 2.50. The van der Waals surface area contributed by atoms with Gasteiger partial charge in [0, 0.05) is 23.3 Å². The third-order valence-electron chi connectivity index (χ3n) is 2.34. The predicted octanol–water partition coefficient (Wildman–Crippen LogP) is 2.68. The van der Waals surface area contributed by atoms with Gasteiger partial charge in [0.15, 0.2) is 0 Å². The number of halogens is 1. The van der Waals surface area contributed by atoms with Crippen LogP contribution in [0.15, 0.2) is 18.3 Å². The second-order valence-electron chi connectivity index (χ2n) is 3.73. The van der Waals surface area contributed by atoms with Crippen LogP contribution in [0.4, 0.5) is 0 Å². The summed E-state index contributed by atoms with van der Waals surface area (Å²) >= 11 is 3.53. The maximum atomic E-state index is 11.8. The van der Waals surface area contributed by atoms with Crippen molar-refractivity contribution in [1.29, 1.82) is 0 Å². The second kappa shape index (κ2) is 6.63. The highest BCUT2D eigenvalue weighted by molar-refractivity contribution is 9.09. The van der Waals surface area contributed by atoms with Crippen molar-refractivity contribution in [2.24, 2.45) is 0 Å². The molecule has 0 saturated heterocycles. The molecule has 0 radical (unpaired) electrons. The fourth-order valence-corrected chi connectivity index (χ4v) is 2.06. The lowest BCUT2D eigenvalue weighted by Gasteiger charge is -2.10. The molecule has 16 heavy (non-hydrogen) atoms. The van der Waals surface area contributed by atoms with Crippen molar-refractivity contribution < 1.29 is 4.79 Å². The third-order valence-corrected chi connectivity index (χ3v) is 3.12. The molecule has 3 nitrogen and oxygen atoms in total. The summed E-state index contributed by atoms with van der Waals surface area (Å²) in [6, 6.07) is 3.57. The average molecular weight is 285 g/mol.